The second-order valence-corrected chi connectivity index (χ2v) is 6.19. The van der Waals surface area contributed by atoms with Crippen LogP contribution in [0, 0.1) is 6.92 Å². The Labute approximate surface area is 144 Å². The van der Waals surface area contributed by atoms with E-state index in [9.17, 15) is 0 Å². The van der Waals surface area contributed by atoms with E-state index in [1.54, 1.807) is 7.11 Å². The predicted octanol–water partition coefficient (Wildman–Crippen LogP) is 3.44. The number of anilines is 2. The van der Waals surface area contributed by atoms with Crippen molar-refractivity contribution in [3.05, 3.63) is 41.7 Å². The largest absolute Gasteiger partial charge is 0.496 e. The van der Waals surface area contributed by atoms with E-state index in [-0.39, 0.29) is 0 Å². The SMILES string of the molecule is COc1ccccc1CCNc1cc(N2CCCCC2)nc(C)n1. The van der Waals surface area contributed by atoms with Crippen molar-refractivity contribution < 1.29 is 4.74 Å². The maximum Gasteiger partial charge on any atom is 0.134 e. The van der Waals surface area contributed by atoms with Crippen LogP contribution in [-0.2, 0) is 6.42 Å². The fourth-order valence-electron chi connectivity index (χ4n) is 3.16. The van der Waals surface area contributed by atoms with Gasteiger partial charge in [0.15, 0.2) is 0 Å². The fraction of sp³-hybridized carbons (Fsp3) is 0.474. The zero-order valence-corrected chi connectivity index (χ0v) is 14.6. The summed E-state index contributed by atoms with van der Waals surface area (Å²) in [6.07, 6.45) is 4.72. The van der Waals surface area contributed by atoms with Crippen molar-refractivity contribution in [2.45, 2.75) is 32.6 Å². The molecule has 0 atom stereocenters. The van der Waals surface area contributed by atoms with Crippen molar-refractivity contribution in [3.8, 4) is 5.75 Å². The van der Waals surface area contributed by atoms with Gasteiger partial charge in [-0.05, 0) is 44.2 Å². The van der Waals surface area contributed by atoms with E-state index >= 15 is 0 Å². The molecule has 2 heterocycles. The Morgan fingerprint density at radius 3 is 2.71 bits per heavy atom. The van der Waals surface area contributed by atoms with Gasteiger partial charge in [0.2, 0.25) is 0 Å². The summed E-state index contributed by atoms with van der Waals surface area (Å²) in [6.45, 7) is 4.96. The molecule has 1 aliphatic rings. The van der Waals surface area contributed by atoms with Gasteiger partial charge in [-0.3, -0.25) is 0 Å². The number of aryl methyl sites for hydroxylation is 1. The molecule has 5 nitrogen and oxygen atoms in total. The number of benzene rings is 1. The minimum absolute atomic E-state index is 0.816. The molecule has 1 aromatic heterocycles. The lowest BCUT2D eigenvalue weighted by Crippen LogP contribution is -2.30. The molecule has 0 unspecified atom stereocenters. The first-order chi connectivity index (χ1) is 11.8. The third kappa shape index (κ3) is 4.16. The first kappa shape index (κ1) is 16.6. The van der Waals surface area contributed by atoms with Gasteiger partial charge in [-0.2, -0.15) is 0 Å². The molecule has 1 fully saturated rings. The van der Waals surface area contributed by atoms with Crippen molar-refractivity contribution >= 4 is 11.6 Å². The Kier molecular flexibility index (Phi) is 5.51. The summed E-state index contributed by atoms with van der Waals surface area (Å²) >= 11 is 0. The summed E-state index contributed by atoms with van der Waals surface area (Å²) in [7, 11) is 1.71. The number of nitrogens with zero attached hydrogens (tertiary/aromatic N) is 3. The average Bonchev–Trinajstić information content (AvgIpc) is 2.62. The Morgan fingerprint density at radius 1 is 1.12 bits per heavy atom. The number of aromatic nitrogens is 2. The van der Waals surface area contributed by atoms with Crippen LogP contribution in [0.25, 0.3) is 0 Å². The van der Waals surface area contributed by atoms with E-state index in [0.717, 1.165) is 49.3 Å². The van der Waals surface area contributed by atoms with E-state index in [0.29, 0.717) is 0 Å². The summed E-state index contributed by atoms with van der Waals surface area (Å²) in [6, 6.07) is 10.2. The van der Waals surface area contributed by atoms with E-state index in [1.165, 1.54) is 24.8 Å². The molecule has 0 saturated carbocycles. The van der Waals surface area contributed by atoms with Gasteiger partial charge in [0.05, 0.1) is 7.11 Å². The number of nitrogens with one attached hydrogen (secondary N) is 1. The van der Waals surface area contributed by atoms with Gasteiger partial charge < -0.3 is 15.0 Å². The molecule has 0 amide bonds. The molecular weight excluding hydrogens is 300 g/mol. The molecule has 128 valence electrons. The van der Waals surface area contributed by atoms with E-state index in [2.05, 4.69) is 32.3 Å². The number of piperidine rings is 1. The molecule has 24 heavy (non-hydrogen) atoms. The Morgan fingerprint density at radius 2 is 1.92 bits per heavy atom. The van der Waals surface area contributed by atoms with Crippen LogP contribution < -0.4 is 15.0 Å². The van der Waals surface area contributed by atoms with Crippen molar-refractivity contribution in [1.29, 1.82) is 0 Å². The molecule has 1 N–H and O–H groups in total. The maximum atomic E-state index is 5.41. The van der Waals surface area contributed by atoms with Crippen molar-refractivity contribution in [2.24, 2.45) is 0 Å². The summed E-state index contributed by atoms with van der Waals surface area (Å²) in [5, 5.41) is 3.43. The quantitative estimate of drug-likeness (QED) is 0.881. The summed E-state index contributed by atoms with van der Waals surface area (Å²) < 4.78 is 5.41. The molecule has 0 aliphatic carbocycles. The van der Waals surface area contributed by atoms with E-state index in [4.69, 9.17) is 4.74 Å². The Balaban J connectivity index is 1.63. The van der Waals surface area contributed by atoms with Crippen LogP contribution >= 0.6 is 0 Å². The number of ether oxygens (including phenoxy) is 1. The standard InChI is InChI=1S/C19H26N4O/c1-15-21-18(14-19(22-15)23-12-6-3-7-13-23)20-11-10-16-8-4-5-9-17(16)24-2/h4-5,8-9,14H,3,6-7,10-13H2,1-2H3,(H,20,21,22). The smallest absolute Gasteiger partial charge is 0.134 e. The van der Waals surface area contributed by atoms with Crippen LogP contribution in [0.3, 0.4) is 0 Å². The number of rotatable bonds is 6. The third-order valence-electron chi connectivity index (χ3n) is 4.40. The van der Waals surface area contributed by atoms with Gasteiger partial charge >= 0.3 is 0 Å². The normalized spacial score (nSPS) is 14.5. The second-order valence-electron chi connectivity index (χ2n) is 6.19. The number of para-hydroxylation sites is 1. The molecule has 1 aromatic carbocycles. The molecule has 1 aliphatic heterocycles. The summed E-state index contributed by atoms with van der Waals surface area (Å²) in [4.78, 5) is 11.5. The average molecular weight is 326 g/mol. The van der Waals surface area contributed by atoms with Gasteiger partial charge in [-0.1, -0.05) is 18.2 Å². The van der Waals surface area contributed by atoms with E-state index < -0.39 is 0 Å². The molecule has 2 aromatic rings. The van der Waals surface area contributed by atoms with Gasteiger partial charge in [-0.15, -0.1) is 0 Å². The van der Waals surface area contributed by atoms with Crippen LogP contribution in [0.2, 0.25) is 0 Å². The minimum atomic E-state index is 0.816. The Hall–Kier alpha value is -2.30. The van der Waals surface area contributed by atoms with Gasteiger partial charge in [0.1, 0.15) is 23.2 Å². The number of hydrogen-bond donors (Lipinski definition) is 1. The number of methoxy groups -OCH3 is 1. The molecule has 0 spiro atoms. The third-order valence-corrected chi connectivity index (χ3v) is 4.40. The highest BCUT2D eigenvalue weighted by atomic mass is 16.5. The first-order valence-corrected chi connectivity index (χ1v) is 8.72. The van der Waals surface area contributed by atoms with Gasteiger partial charge in [-0.25, -0.2) is 9.97 Å². The summed E-state index contributed by atoms with van der Waals surface area (Å²) in [5.74, 6) is 3.70. The molecule has 0 bridgehead atoms. The Bertz CT molecular complexity index is 668. The second kappa shape index (κ2) is 7.99. The minimum Gasteiger partial charge on any atom is -0.496 e. The molecule has 0 radical (unpaired) electrons. The zero-order valence-electron chi connectivity index (χ0n) is 14.6. The maximum absolute atomic E-state index is 5.41. The molecular formula is C19H26N4O. The van der Waals surface area contributed by atoms with Gasteiger partial charge in [0, 0.05) is 25.7 Å². The highest BCUT2D eigenvalue weighted by Gasteiger charge is 2.13. The van der Waals surface area contributed by atoms with Crippen LogP contribution in [0.1, 0.15) is 30.7 Å². The van der Waals surface area contributed by atoms with Crippen molar-refractivity contribution in [1.82, 2.24) is 9.97 Å². The zero-order chi connectivity index (χ0) is 16.8. The van der Waals surface area contributed by atoms with Gasteiger partial charge in [0.25, 0.3) is 0 Å². The van der Waals surface area contributed by atoms with E-state index in [1.807, 2.05) is 25.1 Å². The van der Waals surface area contributed by atoms with Crippen LogP contribution in [0.15, 0.2) is 30.3 Å². The van der Waals surface area contributed by atoms with Crippen LogP contribution in [0.5, 0.6) is 5.75 Å². The lowest BCUT2D eigenvalue weighted by atomic mass is 10.1. The predicted molar refractivity (Wildman–Crippen MR) is 98.0 cm³/mol. The van der Waals surface area contributed by atoms with Crippen LogP contribution in [-0.4, -0.2) is 36.7 Å². The molecule has 5 heteroatoms. The highest BCUT2D eigenvalue weighted by molar-refractivity contribution is 5.49. The van der Waals surface area contributed by atoms with Crippen LogP contribution in [0.4, 0.5) is 11.6 Å². The molecule has 3 rings (SSSR count). The highest BCUT2D eigenvalue weighted by Crippen LogP contribution is 2.21. The first-order valence-electron chi connectivity index (χ1n) is 8.72. The lowest BCUT2D eigenvalue weighted by molar-refractivity contribution is 0.410. The summed E-state index contributed by atoms with van der Waals surface area (Å²) in [5.41, 5.74) is 1.20. The van der Waals surface area contributed by atoms with Crippen molar-refractivity contribution in [2.75, 3.05) is 37.0 Å². The number of hydrogen-bond acceptors (Lipinski definition) is 5. The fourth-order valence-corrected chi connectivity index (χ4v) is 3.16. The lowest BCUT2D eigenvalue weighted by Gasteiger charge is -2.28. The van der Waals surface area contributed by atoms with Crippen molar-refractivity contribution in [3.63, 3.8) is 0 Å². The monoisotopic (exact) mass is 326 g/mol. The topological polar surface area (TPSA) is 50.3 Å². The molecule has 1 saturated heterocycles.